The zero-order valence-corrected chi connectivity index (χ0v) is 11.7. The van der Waals surface area contributed by atoms with Crippen LogP contribution < -0.4 is 10.6 Å². The van der Waals surface area contributed by atoms with Crippen LogP contribution in [0.4, 0.5) is 10.1 Å². The molecule has 1 heterocycles. The molecule has 0 unspecified atom stereocenters. The largest absolute Gasteiger partial charge is 0.385 e. The molecule has 1 amide bonds. The lowest BCUT2D eigenvalue weighted by molar-refractivity contribution is 0.0950. The first-order valence-electron chi connectivity index (χ1n) is 7.12. The van der Waals surface area contributed by atoms with Crippen LogP contribution in [-0.2, 0) is 13.0 Å². The molecule has 0 atom stereocenters. The summed E-state index contributed by atoms with van der Waals surface area (Å²) in [6.45, 7) is 1.17. The molecule has 0 saturated heterocycles. The molecular weight excluding hydrogens is 267 g/mol. The molecule has 0 spiro atoms. The minimum atomic E-state index is -0.299. The van der Waals surface area contributed by atoms with Crippen molar-refractivity contribution in [1.29, 1.82) is 0 Å². The summed E-state index contributed by atoms with van der Waals surface area (Å²) in [6.07, 6.45) is 2.06. The minimum absolute atomic E-state index is 0.174. The second-order valence-corrected chi connectivity index (χ2v) is 5.18. The van der Waals surface area contributed by atoms with Gasteiger partial charge in [0.2, 0.25) is 0 Å². The van der Waals surface area contributed by atoms with Crippen molar-refractivity contribution < 1.29 is 9.18 Å². The molecule has 2 N–H and O–H groups in total. The Morgan fingerprint density at radius 2 is 2.10 bits per heavy atom. The number of rotatable bonds is 3. The number of hydrogen-bond acceptors (Lipinski definition) is 2. The first kappa shape index (κ1) is 13.6. The molecule has 3 nitrogen and oxygen atoms in total. The van der Waals surface area contributed by atoms with E-state index < -0.39 is 0 Å². The van der Waals surface area contributed by atoms with Gasteiger partial charge in [-0.1, -0.05) is 18.2 Å². The SMILES string of the molecule is O=C(NCc1ccccc1F)c1ccc2c(c1)CCCN2. The van der Waals surface area contributed by atoms with Gasteiger partial charge in [-0.05, 0) is 42.7 Å². The summed E-state index contributed by atoms with van der Waals surface area (Å²) in [6, 6.07) is 12.1. The first-order chi connectivity index (χ1) is 10.2. The molecule has 21 heavy (non-hydrogen) atoms. The molecular formula is C17H17FN2O. The summed E-state index contributed by atoms with van der Waals surface area (Å²) in [5, 5.41) is 6.08. The van der Waals surface area contributed by atoms with Crippen molar-refractivity contribution in [3.05, 3.63) is 65.0 Å². The zero-order valence-electron chi connectivity index (χ0n) is 11.7. The molecule has 3 rings (SSSR count). The second kappa shape index (κ2) is 5.95. The van der Waals surface area contributed by atoms with E-state index in [9.17, 15) is 9.18 Å². The predicted octanol–water partition coefficient (Wildman–Crippen LogP) is 3.11. The summed E-state index contributed by atoms with van der Waals surface area (Å²) < 4.78 is 13.5. The number of fused-ring (bicyclic) bond motifs is 1. The molecule has 0 radical (unpaired) electrons. The van der Waals surface area contributed by atoms with Gasteiger partial charge in [-0.15, -0.1) is 0 Å². The van der Waals surface area contributed by atoms with Crippen LogP contribution in [0.1, 0.15) is 27.9 Å². The maximum Gasteiger partial charge on any atom is 0.251 e. The van der Waals surface area contributed by atoms with Gasteiger partial charge in [-0.25, -0.2) is 4.39 Å². The van der Waals surface area contributed by atoms with Crippen molar-refractivity contribution >= 4 is 11.6 Å². The highest BCUT2D eigenvalue weighted by Crippen LogP contribution is 2.22. The highest BCUT2D eigenvalue weighted by Gasteiger charge is 2.12. The lowest BCUT2D eigenvalue weighted by Gasteiger charge is -2.18. The Labute approximate surface area is 123 Å². The zero-order chi connectivity index (χ0) is 14.7. The van der Waals surface area contributed by atoms with Gasteiger partial charge < -0.3 is 10.6 Å². The number of halogens is 1. The summed E-state index contributed by atoms with van der Waals surface area (Å²) in [5.74, 6) is -0.473. The van der Waals surface area contributed by atoms with Crippen LogP contribution in [0.5, 0.6) is 0 Å². The van der Waals surface area contributed by atoms with Crippen molar-refractivity contribution in [2.45, 2.75) is 19.4 Å². The average molecular weight is 284 g/mol. The van der Waals surface area contributed by atoms with E-state index in [2.05, 4.69) is 10.6 Å². The molecule has 0 fully saturated rings. The molecule has 0 aromatic heterocycles. The summed E-state index contributed by atoms with van der Waals surface area (Å²) in [7, 11) is 0. The fourth-order valence-electron chi connectivity index (χ4n) is 2.54. The Hall–Kier alpha value is -2.36. The Morgan fingerprint density at radius 1 is 1.24 bits per heavy atom. The monoisotopic (exact) mass is 284 g/mol. The third-order valence-electron chi connectivity index (χ3n) is 3.70. The van der Waals surface area contributed by atoms with Crippen LogP contribution >= 0.6 is 0 Å². The van der Waals surface area contributed by atoms with Gasteiger partial charge in [-0.2, -0.15) is 0 Å². The Kier molecular flexibility index (Phi) is 3.86. The van der Waals surface area contributed by atoms with Crippen molar-refractivity contribution in [2.24, 2.45) is 0 Å². The third-order valence-corrected chi connectivity index (χ3v) is 3.70. The predicted molar refractivity (Wildman–Crippen MR) is 80.8 cm³/mol. The van der Waals surface area contributed by atoms with Crippen molar-refractivity contribution in [2.75, 3.05) is 11.9 Å². The molecule has 1 aliphatic rings. The minimum Gasteiger partial charge on any atom is -0.385 e. The molecule has 2 aromatic rings. The van der Waals surface area contributed by atoms with Crippen LogP contribution in [-0.4, -0.2) is 12.5 Å². The van der Waals surface area contributed by atoms with Gasteiger partial charge in [0, 0.05) is 29.9 Å². The highest BCUT2D eigenvalue weighted by atomic mass is 19.1. The van der Waals surface area contributed by atoms with E-state index in [0.717, 1.165) is 25.1 Å². The summed E-state index contributed by atoms with van der Waals surface area (Å²) in [4.78, 5) is 12.2. The van der Waals surface area contributed by atoms with Crippen molar-refractivity contribution in [1.82, 2.24) is 5.32 Å². The van der Waals surface area contributed by atoms with E-state index in [0.29, 0.717) is 11.1 Å². The number of carbonyl (C=O) groups is 1. The van der Waals surface area contributed by atoms with Crippen LogP contribution in [0.15, 0.2) is 42.5 Å². The maximum absolute atomic E-state index is 13.5. The molecule has 1 aliphatic heterocycles. The van der Waals surface area contributed by atoms with Gasteiger partial charge >= 0.3 is 0 Å². The topological polar surface area (TPSA) is 41.1 Å². The Morgan fingerprint density at radius 3 is 2.95 bits per heavy atom. The van der Waals surface area contributed by atoms with Crippen LogP contribution in [0.3, 0.4) is 0 Å². The smallest absolute Gasteiger partial charge is 0.251 e. The first-order valence-corrected chi connectivity index (χ1v) is 7.12. The van der Waals surface area contributed by atoms with Crippen LogP contribution in [0.2, 0.25) is 0 Å². The van der Waals surface area contributed by atoms with E-state index in [1.54, 1.807) is 24.3 Å². The van der Waals surface area contributed by atoms with Gasteiger partial charge in [0.05, 0.1) is 0 Å². The number of amides is 1. The number of anilines is 1. The van der Waals surface area contributed by atoms with Crippen molar-refractivity contribution in [3.63, 3.8) is 0 Å². The van der Waals surface area contributed by atoms with Gasteiger partial charge in [0.15, 0.2) is 0 Å². The van der Waals surface area contributed by atoms with Gasteiger partial charge in [0.1, 0.15) is 5.82 Å². The fraction of sp³-hybridized carbons (Fsp3) is 0.235. The number of nitrogens with one attached hydrogen (secondary N) is 2. The molecule has 108 valence electrons. The molecule has 0 saturated carbocycles. The van der Waals surface area contributed by atoms with E-state index in [1.165, 1.54) is 11.6 Å². The van der Waals surface area contributed by atoms with Crippen molar-refractivity contribution in [3.8, 4) is 0 Å². The number of carbonyl (C=O) groups excluding carboxylic acids is 1. The lowest BCUT2D eigenvalue weighted by atomic mass is 10.0. The van der Waals surface area contributed by atoms with Gasteiger partial charge in [0.25, 0.3) is 5.91 Å². The summed E-state index contributed by atoms with van der Waals surface area (Å²) in [5.41, 5.74) is 3.38. The van der Waals surface area contributed by atoms with E-state index in [-0.39, 0.29) is 18.3 Å². The molecule has 0 aliphatic carbocycles. The molecule has 2 aromatic carbocycles. The number of aryl methyl sites for hydroxylation is 1. The highest BCUT2D eigenvalue weighted by molar-refractivity contribution is 5.94. The Balaban J connectivity index is 1.69. The number of benzene rings is 2. The van der Waals surface area contributed by atoms with E-state index in [1.807, 2.05) is 12.1 Å². The van der Waals surface area contributed by atoms with E-state index >= 15 is 0 Å². The normalized spacial score (nSPS) is 13.2. The molecule has 0 bridgehead atoms. The fourth-order valence-corrected chi connectivity index (χ4v) is 2.54. The average Bonchev–Trinajstić information content (AvgIpc) is 2.53. The standard InChI is InChI=1S/C17H17FN2O/c18-15-6-2-1-4-14(15)11-20-17(21)13-7-8-16-12(10-13)5-3-9-19-16/h1-2,4,6-8,10,19H,3,5,9,11H2,(H,20,21). The second-order valence-electron chi connectivity index (χ2n) is 5.18. The van der Waals surface area contributed by atoms with E-state index in [4.69, 9.17) is 0 Å². The Bertz CT molecular complexity index is 670. The molecule has 4 heteroatoms. The summed E-state index contributed by atoms with van der Waals surface area (Å²) >= 11 is 0. The maximum atomic E-state index is 13.5. The third kappa shape index (κ3) is 3.05. The number of hydrogen-bond donors (Lipinski definition) is 2. The lowest BCUT2D eigenvalue weighted by Crippen LogP contribution is -2.24. The quantitative estimate of drug-likeness (QED) is 0.909. The van der Waals surface area contributed by atoms with Crippen LogP contribution in [0.25, 0.3) is 0 Å². The van der Waals surface area contributed by atoms with Crippen LogP contribution in [0, 0.1) is 5.82 Å². The van der Waals surface area contributed by atoms with Gasteiger partial charge in [-0.3, -0.25) is 4.79 Å².